The summed E-state index contributed by atoms with van der Waals surface area (Å²) in [6.45, 7) is 8.08. The Morgan fingerprint density at radius 1 is 1.15 bits per heavy atom. The number of aliphatic imine (C=N–C) groups is 1. The van der Waals surface area contributed by atoms with Gasteiger partial charge >= 0.3 is 0 Å². The molecule has 0 radical (unpaired) electrons. The third-order valence-electron chi connectivity index (χ3n) is 4.27. The summed E-state index contributed by atoms with van der Waals surface area (Å²) in [6.07, 6.45) is 0.929. The molecule has 152 valence electrons. The lowest BCUT2D eigenvalue weighted by atomic mass is 10.1. The van der Waals surface area contributed by atoms with Gasteiger partial charge in [0.25, 0.3) is 0 Å². The number of morpholine rings is 1. The predicted octanol–water partition coefficient (Wildman–Crippen LogP) is 1.33. The van der Waals surface area contributed by atoms with E-state index in [9.17, 15) is 4.79 Å². The number of nitrogens with zero attached hydrogens (tertiary/aromatic N) is 2. The number of amides is 1. The minimum Gasteiger partial charge on any atom is -0.379 e. The lowest BCUT2D eigenvalue weighted by Crippen LogP contribution is -2.43. The van der Waals surface area contributed by atoms with Crippen LogP contribution in [0.15, 0.2) is 29.3 Å². The van der Waals surface area contributed by atoms with E-state index in [4.69, 9.17) is 4.74 Å². The van der Waals surface area contributed by atoms with Crippen molar-refractivity contribution in [3.63, 3.8) is 0 Å². The number of carbonyl (C=O) groups excluding carboxylic acids is 1. The van der Waals surface area contributed by atoms with Gasteiger partial charge in [0.15, 0.2) is 5.96 Å². The number of nitrogens with one attached hydrogen (secondary N) is 3. The van der Waals surface area contributed by atoms with Crippen LogP contribution in [0.25, 0.3) is 0 Å². The van der Waals surface area contributed by atoms with Crippen LogP contribution in [0.1, 0.15) is 24.5 Å². The molecule has 0 aliphatic carbocycles. The van der Waals surface area contributed by atoms with E-state index in [1.54, 1.807) is 7.05 Å². The number of benzene rings is 1. The Balaban J connectivity index is 0.00000364. The monoisotopic (exact) mass is 489 g/mol. The largest absolute Gasteiger partial charge is 0.379 e. The highest BCUT2D eigenvalue weighted by atomic mass is 127. The van der Waals surface area contributed by atoms with Crippen LogP contribution in [0.3, 0.4) is 0 Å². The van der Waals surface area contributed by atoms with Gasteiger partial charge in [0, 0.05) is 39.8 Å². The Morgan fingerprint density at radius 2 is 1.85 bits per heavy atom. The van der Waals surface area contributed by atoms with Crippen LogP contribution in [0.4, 0.5) is 0 Å². The molecule has 1 fully saturated rings. The lowest BCUT2D eigenvalue weighted by Gasteiger charge is -2.27. The molecule has 27 heavy (non-hydrogen) atoms. The van der Waals surface area contributed by atoms with Gasteiger partial charge in [-0.1, -0.05) is 31.2 Å². The summed E-state index contributed by atoms with van der Waals surface area (Å²) in [5.41, 5.74) is 2.54. The first kappa shape index (κ1) is 23.6. The minimum atomic E-state index is -0.0254. The van der Waals surface area contributed by atoms with Crippen molar-refractivity contribution in [2.45, 2.75) is 26.4 Å². The Bertz CT molecular complexity index is 591. The number of guanidine groups is 1. The molecule has 1 heterocycles. The minimum absolute atomic E-state index is 0. The smallest absolute Gasteiger partial charge is 0.239 e. The normalized spacial score (nSPS) is 15.0. The molecule has 0 unspecified atom stereocenters. The second-order valence-electron chi connectivity index (χ2n) is 6.29. The standard InChI is InChI=1S/C19H31N5O2.HI/c1-3-8-21-18(25)14-23-19(20-2)22-13-16-6-4-5-7-17(16)15-24-9-11-26-12-10-24;/h4-7H,3,8-15H2,1-2H3,(H,21,25)(H2,20,22,23);1H. The summed E-state index contributed by atoms with van der Waals surface area (Å²) < 4.78 is 5.42. The maximum absolute atomic E-state index is 11.7. The van der Waals surface area contributed by atoms with E-state index in [2.05, 4.69) is 44.0 Å². The van der Waals surface area contributed by atoms with Gasteiger partial charge in [-0.25, -0.2) is 0 Å². The van der Waals surface area contributed by atoms with E-state index >= 15 is 0 Å². The average molecular weight is 489 g/mol. The first-order valence-corrected chi connectivity index (χ1v) is 9.31. The molecule has 8 heteroatoms. The number of carbonyl (C=O) groups is 1. The van der Waals surface area contributed by atoms with Crippen LogP contribution in [0.2, 0.25) is 0 Å². The molecule has 1 saturated heterocycles. The van der Waals surface area contributed by atoms with Crippen LogP contribution in [0.5, 0.6) is 0 Å². The zero-order chi connectivity index (χ0) is 18.6. The lowest BCUT2D eigenvalue weighted by molar-refractivity contribution is -0.120. The topological polar surface area (TPSA) is 78.0 Å². The molecule has 3 N–H and O–H groups in total. The van der Waals surface area contributed by atoms with Crippen molar-refractivity contribution in [3.05, 3.63) is 35.4 Å². The molecule has 1 aliphatic heterocycles. The van der Waals surface area contributed by atoms with E-state index < -0.39 is 0 Å². The van der Waals surface area contributed by atoms with Gasteiger partial charge < -0.3 is 20.7 Å². The van der Waals surface area contributed by atoms with Crippen LogP contribution in [-0.4, -0.2) is 63.2 Å². The highest BCUT2D eigenvalue weighted by Gasteiger charge is 2.13. The van der Waals surface area contributed by atoms with Crippen molar-refractivity contribution in [3.8, 4) is 0 Å². The van der Waals surface area contributed by atoms with Crippen molar-refractivity contribution in [2.24, 2.45) is 4.99 Å². The van der Waals surface area contributed by atoms with Crippen molar-refractivity contribution >= 4 is 35.8 Å². The molecule has 0 atom stereocenters. The second-order valence-corrected chi connectivity index (χ2v) is 6.29. The fraction of sp³-hybridized carbons (Fsp3) is 0.579. The fourth-order valence-electron chi connectivity index (χ4n) is 2.77. The van der Waals surface area contributed by atoms with Gasteiger partial charge in [-0.3, -0.25) is 14.7 Å². The average Bonchev–Trinajstić information content (AvgIpc) is 2.68. The van der Waals surface area contributed by atoms with Crippen LogP contribution >= 0.6 is 24.0 Å². The van der Waals surface area contributed by atoms with Gasteiger partial charge in [0.05, 0.1) is 19.8 Å². The second kappa shape index (κ2) is 13.7. The maximum Gasteiger partial charge on any atom is 0.239 e. The van der Waals surface area contributed by atoms with E-state index in [-0.39, 0.29) is 36.4 Å². The molecule has 0 bridgehead atoms. The van der Waals surface area contributed by atoms with Gasteiger partial charge in [-0.15, -0.1) is 24.0 Å². The number of ether oxygens (including phenoxy) is 1. The predicted molar refractivity (Wildman–Crippen MR) is 119 cm³/mol. The van der Waals surface area contributed by atoms with E-state index in [1.807, 2.05) is 13.0 Å². The van der Waals surface area contributed by atoms with Gasteiger partial charge in [-0.05, 0) is 17.5 Å². The fourth-order valence-corrected chi connectivity index (χ4v) is 2.77. The SMILES string of the molecule is CCCNC(=O)CNC(=NC)NCc1ccccc1CN1CCOCC1.I. The Morgan fingerprint density at radius 3 is 2.52 bits per heavy atom. The van der Waals surface area contributed by atoms with E-state index in [1.165, 1.54) is 11.1 Å². The van der Waals surface area contributed by atoms with Crippen LogP contribution in [-0.2, 0) is 22.6 Å². The Hall–Kier alpha value is -1.39. The quantitative estimate of drug-likeness (QED) is 0.292. The maximum atomic E-state index is 11.7. The molecule has 0 spiro atoms. The molecular weight excluding hydrogens is 457 g/mol. The third-order valence-corrected chi connectivity index (χ3v) is 4.27. The van der Waals surface area contributed by atoms with Crippen molar-refractivity contribution in [1.82, 2.24) is 20.9 Å². The third kappa shape index (κ3) is 8.89. The summed E-state index contributed by atoms with van der Waals surface area (Å²) in [7, 11) is 1.71. The Kier molecular flexibility index (Phi) is 12.0. The van der Waals surface area contributed by atoms with Crippen molar-refractivity contribution < 1.29 is 9.53 Å². The molecular formula is C19H32IN5O2. The first-order chi connectivity index (χ1) is 12.7. The summed E-state index contributed by atoms with van der Waals surface area (Å²) in [5, 5.41) is 9.18. The van der Waals surface area contributed by atoms with Gasteiger partial charge in [0.1, 0.15) is 0 Å². The van der Waals surface area contributed by atoms with Crippen LogP contribution in [0, 0.1) is 0 Å². The van der Waals surface area contributed by atoms with Crippen molar-refractivity contribution in [1.29, 1.82) is 0 Å². The molecule has 1 aromatic carbocycles. The van der Waals surface area contributed by atoms with Gasteiger partial charge in [0.2, 0.25) is 5.91 Å². The van der Waals surface area contributed by atoms with Gasteiger partial charge in [-0.2, -0.15) is 0 Å². The number of hydrogen-bond donors (Lipinski definition) is 3. The highest BCUT2D eigenvalue weighted by Crippen LogP contribution is 2.12. The zero-order valence-electron chi connectivity index (χ0n) is 16.3. The molecule has 1 amide bonds. The summed E-state index contributed by atoms with van der Waals surface area (Å²) >= 11 is 0. The first-order valence-electron chi connectivity index (χ1n) is 9.31. The summed E-state index contributed by atoms with van der Waals surface area (Å²) in [4.78, 5) is 18.3. The number of halogens is 1. The van der Waals surface area contributed by atoms with Crippen LogP contribution < -0.4 is 16.0 Å². The number of rotatable bonds is 8. The van der Waals surface area contributed by atoms with E-state index in [0.717, 1.165) is 39.3 Å². The molecule has 1 aliphatic rings. The zero-order valence-corrected chi connectivity index (χ0v) is 18.6. The molecule has 1 aromatic rings. The van der Waals surface area contributed by atoms with Crippen molar-refractivity contribution in [2.75, 3.05) is 46.4 Å². The summed E-state index contributed by atoms with van der Waals surface area (Å²) in [5.74, 6) is 0.598. The molecule has 7 nitrogen and oxygen atoms in total. The molecule has 2 rings (SSSR count). The Labute approximate surface area is 179 Å². The number of hydrogen-bond acceptors (Lipinski definition) is 4. The summed E-state index contributed by atoms with van der Waals surface area (Å²) in [6, 6.07) is 8.42. The molecule has 0 saturated carbocycles. The highest BCUT2D eigenvalue weighted by molar-refractivity contribution is 14.0. The molecule has 0 aromatic heterocycles. The van der Waals surface area contributed by atoms with E-state index in [0.29, 0.717) is 19.0 Å².